The first-order valence-electron chi connectivity index (χ1n) is 5.18. The summed E-state index contributed by atoms with van der Waals surface area (Å²) in [5.41, 5.74) is 2.48. The first-order valence-corrected chi connectivity index (χ1v) is 5.18. The van der Waals surface area contributed by atoms with Crippen molar-refractivity contribution in [1.82, 2.24) is 4.57 Å². The van der Waals surface area contributed by atoms with Crippen LogP contribution in [0.4, 0.5) is 0 Å². The van der Waals surface area contributed by atoms with E-state index in [1.54, 1.807) is 0 Å². The molecule has 0 spiro atoms. The molecule has 0 unspecified atom stereocenters. The summed E-state index contributed by atoms with van der Waals surface area (Å²) < 4.78 is 2.14. The predicted molar refractivity (Wildman–Crippen MR) is 60.8 cm³/mol. The van der Waals surface area contributed by atoms with Gasteiger partial charge in [0.1, 0.15) is 0 Å². The zero-order valence-corrected chi connectivity index (χ0v) is 8.63. The summed E-state index contributed by atoms with van der Waals surface area (Å²) in [5.74, 6) is 0. The number of aliphatic hydroxyl groups is 1. The molecule has 0 saturated carbocycles. The van der Waals surface area contributed by atoms with Gasteiger partial charge in [-0.05, 0) is 23.6 Å². The summed E-state index contributed by atoms with van der Waals surface area (Å²) in [6, 6.07) is 12.4. The SMILES string of the molecule is OCCc1ccn(Cc2ccccc2)c1. The van der Waals surface area contributed by atoms with Crippen molar-refractivity contribution in [3.8, 4) is 0 Å². The van der Waals surface area contributed by atoms with E-state index in [-0.39, 0.29) is 6.61 Å². The van der Waals surface area contributed by atoms with Gasteiger partial charge in [-0.2, -0.15) is 0 Å². The molecule has 0 saturated heterocycles. The zero-order chi connectivity index (χ0) is 10.5. The molecule has 0 bridgehead atoms. The quantitative estimate of drug-likeness (QED) is 0.805. The first kappa shape index (κ1) is 9.99. The number of benzene rings is 1. The maximum atomic E-state index is 8.81. The van der Waals surface area contributed by atoms with Gasteiger partial charge in [-0.1, -0.05) is 30.3 Å². The van der Waals surface area contributed by atoms with E-state index in [1.807, 2.05) is 18.2 Å². The summed E-state index contributed by atoms with van der Waals surface area (Å²) in [6.07, 6.45) is 4.88. The van der Waals surface area contributed by atoms with Gasteiger partial charge >= 0.3 is 0 Å². The highest BCUT2D eigenvalue weighted by Gasteiger charge is 1.97. The molecule has 0 fully saturated rings. The summed E-state index contributed by atoms with van der Waals surface area (Å²) in [4.78, 5) is 0. The molecule has 1 aromatic carbocycles. The molecule has 0 amide bonds. The van der Waals surface area contributed by atoms with E-state index in [4.69, 9.17) is 5.11 Å². The van der Waals surface area contributed by atoms with Crippen LogP contribution < -0.4 is 0 Å². The number of aromatic nitrogens is 1. The Hall–Kier alpha value is -1.54. The van der Waals surface area contributed by atoms with Crippen molar-refractivity contribution < 1.29 is 5.11 Å². The Bertz CT molecular complexity index is 405. The maximum absolute atomic E-state index is 8.81. The van der Waals surface area contributed by atoms with Crippen molar-refractivity contribution in [1.29, 1.82) is 0 Å². The number of rotatable bonds is 4. The smallest absolute Gasteiger partial charge is 0.0472 e. The highest BCUT2D eigenvalue weighted by atomic mass is 16.2. The summed E-state index contributed by atoms with van der Waals surface area (Å²) >= 11 is 0. The van der Waals surface area contributed by atoms with E-state index in [0.717, 1.165) is 13.0 Å². The van der Waals surface area contributed by atoms with Crippen LogP contribution in [-0.2, 0) is 13.0 Å². The van der Waals surface area contributed by atoms with E-state index in [9.17, 15) is 0 Å². The lowest BCUT2D eigenvalue weighted by molar-refractivity contribution is 0.299. The average Bonchev–Trinajstić information content (AvgIpc) is 2.68. The van der Waals surface area contributed by atoms with Crippen molar-refractivity contribution in [3.05, 3.63) is 59.9 Å². The Labute approximate surface area is 89.8 Å². The third-order valence-corrected chi connectivity index (χ3v) is 2.42. The van der Waals surface area contributed by atoms with Gasteiger partial charge < -0.3 is 9.67 Å². The molecule has 0 atom stereocenters. The lowest BCUT2D eigenvalue weighted by Gasteiger charge is -2.02. The third-order valence-electron chi connectivity index (χ3n) is 2.42. The van der Waals surface area contributed by atoms with Crippen molar-refractivity contribution in [2.75, 3.05) is 6.61 Å². The van der Waals surface area contributed by atoms with Gasteiger partial charge in [0, 0.05) is 25.5 Å². The summed E-state index contributed by atoms with van der Waals surface area (Å²) in [6.45, 7) is 1.11. The van der Waals surface area contributed by atoms with Gasteiger partial charge in [-0.15, -0.1) is 0 Å². The molecule has 1 aromatic heterocycles. The van der Waals surface area contributed by atoms with Gasteiger partial charge in [-0.3, -0.25) is 0 Å². The van der Waals surface area contributed by atoms with Crippen molar-refractivity contribution in [3.63, 3.8) is 0 Å². The summed E-state index contributed by atoms with van der Waals surface area (Å²) in [7, 11) is 0. The minimum absolute atomic E-state index is 0.218. The Kier molecular flexibility index (Phi) is 3.20. The average molecular weight is 201 g/mol. The van der Waals surface area contributed by atoms with Crippen molar-refractivity contribution >= 4 is 0 Å². The molecule has 0 aliphatic heterocycles. The third kappa shape index (κ3) is 2.70. The summed E-state index contributed by atoms with van der Waals surface area (Å²) in [5, 5.41) is 8.81. The Balaban J connectivity index is 2.05. The molecule has 0 aliphatic carbocycles. The predicted octanol–water partition coefficient (Wildman–Crippen LogP) is 2.07. The maximum Gasteiger partial charge on any atom is 0.0472 e. The molecule has 0 radical (unpaired) electrons. The topological polar surface area (TPSA) is 25.2 Å². The largest absolute Gasteiger partial charge is 0.396 e. The number of nitrogens with zero attached hydrogens (tertiary/aromatic N) is 1. The van der Waals surface area contributed by atoms with Gasteiger partial charge in [0.25, 0.3) is 0 Å². The highest BCUT2D eigenvalue weighted by Crippen LogP contribution is 2.06. The van der Waals surface area contributed by atoms with E-state index >= 15 is 0 Å². The van der Waals surface area contributed by atoms with Gasteiger partial charge in [-0.25, -0.2) is 0 Å². The molecule has 1 N–H and O–H groups in total. The number of hydrogen-bond donors (Lipinski definition) is 1. The van der Waals surface area contributed by atoms with Crippen LogP contribution in [0.5, 0.6) is 0 Å². The van der Waals surface area contributed by atoms with Gasteiger partial charge in [0.05, 0.1) is 0 Å². The second kappa shape index (κ2) is 4.80. The van der Waals surface area contributed by atoms with E-state index in [0.29, 0.717) is 0 Å². The molecule has 1 heterocycles. The fraction of sp³-hybridized carbons (Fsp3) is 0.231. The standard InChI is InChI=1S/C13H15NO/c15-9-7-13-6-8-14(11-13)10-12-4-2-1-3-5-12/h1-6,8,11,15H,7,9-10H2. The lowest BCUT2D eigenvalue weighted by Crippen LogP contribution is -1.96. The fourth-order valence-corrected chi connectivity index (χ4v) is 1.66. The number of hydrogen-bond acceptors (Lipinski definition) is 1. The minimum atomic E-state index is 0.218. The van der Waals surface area contributed by atoms with E-state index in [1.165, 1.54) is 11.1 Å². The van der Waals surface area contributed by atoms with Crippen LogP contribution in [0.3, 0.4) is 0 Å². The highest BCUT2D eigenvalue weighted by molar-refractivity contribution is 5.17. The van der Waals surface area contributed by atoms with E-state index < -0.39 is 0 Å². The second-order valence-corrected chi connectivity index (χ2v) is 3.65. The molecule has 2 aromatic rings. The Morgan fingerprint density at radius 3 is 2.53 bits per heavy atom. The normalized spacial score (nSPS) is 10.5. The van der Waals surface area contributed by atoms with Crippen LogP contribution in [0, 0.1) is 0 Å². The fourth-order valence-electron chi connectivity index (χ4n) is 1.66. The van der Waals surface area contributed by atoms with Gasteiger partial charge in [0.15, 0.2) is 0 Å². The van der Waals surface area contributed by atoms with Crippen molar-refractivity contribution in [2.45, 2.75) is 13.0 Å². The lowest BCUT2D eigenvalue weighted by atomic mass is 10.2. The first-order chi connectivity index (χ1) is 7.38. The second-order valence-electron chi connectivity index (χ2n) is 3.65. The van der Waals surface area contributed by atoms with Crippen LogP contribution in [0.1, 0.15) is 11.1 Å². The van der Waals surface area contributed by atoms with Crippen LogP contribution in [0.25, 0.3) is 0 Å². The molecule has 2 rings (SSSR count). The molecule has 2 heteroatoms. The van der Waals surface area contributed by atoms with E-state index in [2.05, 4.69) is 35.2 Å². The molecule has 78 valence electrons. The van der Waals surface area contributed by atoms with Crippen LogP contribution >= 0.6 is 0 Å². The van der Waals surface area contributed by atoms with Crippen molar-refractivity contribution in [2.24, 2.45) is 0 Å². The monoisotopic (exact) mass is 201 g/mol. The molecule has 0 aliphatic rings. The molecule has 2 nitrogen and oxygen atoms in total. The molecular formula is C13H15NO. The Morgan fingerprint density at radius 2 is 1.80 bits per heavy atom. The molecule has 15 heavy (non-hydrogen) atoms. The Morgan fingerprint density at radius 1 is 1.00 bits per heavy atom. The van der Waals surface area contributed by atoms with Crippen LogP contribution in [-0.4, -0.2) is 16.3 Å². The molecular weight excluding hydrogens is 186 g/mol. The van der Waals surface area contributed by atoms with Crippen LogP contribution in [0.2, 0.25) is 0 Å². The van der Waals surface area contributed by atoms with Crippen LogP contribution in [0.15, 0.2) is 48.8 Å². The zero-order valence-electron chi connectivity index (χ0n) is 8.63. The minimum Gasteiger partial charge on any atom is -0.396 e. The van der Waals surface area contributed by atoms with Gasteiger partial charge in [0.2, 0.25) is 0 Å². The number of aliphatic hydroxyl groups excluding tert-OH is 1.